The van der Waals surface area contributed by atoms with Crippen LogP contribution in [0.3, 0.4) is 0 Å². The van der Waals surface area contributed by atoms with Gasteiger partial charge in [-0.05, 0) is 44.9 Å². The van der Waals surface area contributed by atoms with Gasteiger partial charge in [-0.25, -0.2) is 0 Å². The molecule has 2 heterocycles. The van der Waals surface area contributed by atoms with E-state index in [4.69, 9.17) is 0 Å². The van der Waals surface area contributed by atoms with Gasteiger partial charge in [0.2, 0.25) is 5.91 Å². The molecule has 2 rings (SSSR count). The van der Waals surface area contributed by atoms with Gasteiger partial charge in [-0.3, -0.25) is 4.79 Å². The third kappa shape index (κ3) is 2.93. The normalized spacial score (nSPS) is 20.5. The summed E-state index contributed by atoms with van der Waals surface area (Å²) >= 11 is 1.81. The molecule has 1 amide bonds. The lowest BCUT2D eigenvalue weighted by Crippen LogP contribution is -2.50. The van der Waals surface area contributed by atoms with Crippen molar-refractivity contribution >= 4 is 17.2 Å². The first-order valence-corrected chi connectivity index (χ1v) is 7.51. The Morgan fingerprint density at radius 3 is 2.89 bits per heavy atom. The third-order valence-electron chi connectivity index (χ3n) is 3.54. The largest absolute Gasteiger partial charge is 0.336 e. The second-order valence-electron chi connectivity index (χ2n) is 4.96. The highest BCUT2D eigenvalue weighted by atomic mass is 32.1. The van der Waals surface area contributed by atoms with Gasteiger partial charge in [-0.15, -0.1) is 11.3 Å². The van der Waals surface area contributed by atoms with Crippen LogP contribution >= 0.6 is 11.3 Å². The van der Waals surface area contributed by atoms with E-state index in [-0.39, 0.29) is 11.9 Å². The molecule has 0 saturated carbocycles. The van der Waals surface area contributed by atoms with E-state index < -0.39 is 0 Å². The average Bonchev–Trinajstić information content (AvgIpc) is 2.64. The highest BCUT2D eigenvalue weighted by Gasteiger charge is 2.28. The lowest BCUT2D eigenvalue weighted by atomic mass is 10.0. The van der Waals surface area contributed by atoms with E-state index in [1.165, 1.54) is 15.3 Å². The molecule has 0 aliphatic carbocycles. The fourth-order valence-electron chi connectivity index (χ4n) is 2.45. The van der Waals surface area contributed by atoms with Gasteiger partial charge in [0.25, 0.3) is 0 Å². The van der Waals surface area contributed by atoms with E-state index in [0.29, 0.717) is 0 Å². The summed E-state index contributed by atoms with van der Waals surface area (Å²) in [6.45, 7) is 8.87. The van der Waals surface area contributed by atoms with Gasteiger partial charge in [0.05, 0.1) is 12.6 Å². The Balaban J connectivity index is 2.02. The molecular formula is C14H22N2OS. The van der Waals surface area contributed by atoms with Crippen molar-refractivity contribution in [2.45, 2.75) is 46.2 Å². The summed E-state index contributed by atoms with van der Waals surface area (Å²) in [5, 5.41) is 3.28. The number of likely N-dealkylation sites (N-methyl/N-ethyl adjacent to an activating group) is 1. The molecular weight excluding hydrogens is 244 g/mol. The van der Waals surface area contributed by atoms with Crippen LogP contribution in [0.4, 0.5) is 0 Å². The Morgan fingerprint density at radius 1 is 1.50 bits per heavy atom. The number of carbonyl (C=O) groups is 1. The van der Waals surface area contributed by atoms with Gasteiger partial charge in [0.15, 0.2) is 0 Å². The molecule has 1 unspecified atom stereocenters. The van der Waals surface area contributed by atoms with Crippen molar-refractivity contribution in [1.29, 1.82) is 0 Å². The fraction of sp³-hybridized carbons (Fsp3) is 0.643. The highest BCUT2D eigenvalue weighted by molar-refractivity contribution is 7.12. The number of nitrogens with one attached hydrogen (secondary N) is 1. The SMILES string of the molecule is CCNC1CCCN(Cc2cc(C)c(C)s2)C1=O. The first-order chi connectivity index (χ1) is 8.61. The number of likely N-dealkylation sites (tertiary alicyclic amines) is 1. The average molecular weight is 266 g/mol. The number of hydrogen-bond donors (Lipinski definition) is 1. The highest BCUT2D eigenvalue weighted by Crippen LogP contribution is 2.23. The molecule has 1 aliphatic rings. The van der Waals surface area contributed by atoms with Crippen molar-refractivity contribution in [2.24, 2.45) is 0 Å². The number of thiophene rings is 1. The molecule has 18 heavy (non-hydrogen) atoms. The lowest BCUT2D eigenvalue weighted by Gasteiger charge is -2.32. The maximum absolute atomic E-state index is 12.3. The number of nitrogens with zero attached hydrogens (tertiary/aromatic N) is 1. The quantitative estimate of drug-likeness (QED) is 0.908. The number of carbonyl (C=O) groups excluding carboxylic acids is 1. The van der Waals surface area contributed by atoms with Gasteiger partial charge >= 0.3 is 0 Å². The minimum Gasteiger partial charge on any atom is -0.336 e. The summed E-state index contributed by atoms with van der Waals surface area (Å²) in [6, 6.07) is 2.25. The third-order valence-corrected chi connectivity index (χ3v) is 4.68. The molecule has 4 heteroatoms. The summed E-state index contributed by atoms with van der Waals surface area (Å²) in [7, 11) is 0. The zero-order valence-electron chi connectivity index (χ0n) is 11.5. The number of piperidine rings is 1. The molecule has 0 aromatic carbocycles. The van der Waals surface area contributed by atoms with Crippen molar-refractivity contribution in [3.05, 3.63) is 21.4 Å². The fourth-order valence-corrected chi connectivity index (χ4v) is 3.52. The van der Waals surface area contributed by atoms with Crippen LogP contribution in [0.5, 0.6) is 0 Å². The molecule has 0 bridgehead atoms. The standard InChI is InChI=1S/C14H22N2OS/c1-4-15-13-6-5-7-16(14(13)17)9-12-8-10(2)11(3)18-12/h8,13,15H,4-7,9H2,1-3H3. The Morgan fingerprint density at radius 2 is 2.28 bits per heavy atom. The van der Waals surface area contributed by atoms with Crippen LogP contribution in [-0.2, 0) is 11.3 Å². The van der Waals surface area contributed by atoms with E-state index in [0.717, 1.165) is 32.5 Å². The Labute approximate surface area is 113 Å². The van der Waals surface area contributed by atoms with Gasteiger partial charge in [-0.1, -0.05) is 6.92 Å². The van der Waals surface area contributed by atoms with Crippen molar-refractivity contribution in [2.75, 3.05) is 13.1 Å². The summed E-state index contributed by atoms with van der Waals surface area (Å²) < 4.78 is 0. The van der Waals surface area contributed by atoms with Gasteiger partial charge in [0.1, 0.15) is 0 Å². The van der Waals surface area contributed by atoms with Crippen molar-refractivity contribution < 1.29 is 4.79 Å². The number of rotatable bonds is 4. The molecule has 1 aliphatic heterocycles. The molecule has 1 aromatic heterocycles. The van der Waals surface area contributed by atoms with Gasteiger partial charge in [-0.2, -0.15) is 0 Å². The summed E-state index contributed by atoms with van der Waals surface area (Å²) in [4.78, 5) is 16.9. The van der Waals surface area contributed by atoms with E-state index in [1.807, 2.05) is 16.2 Å². The molecule has 100 valence electrons. The Bertz CT molecular complexity index is 406. The lowest BCUT2D eigenvalue weighted by molar-refractivity contribution is -0.136. The summed E-state index contributed by atoms with van der Waals surface area (Å²) in [5.74, 6) is 0.270. The maximum atomic E-state index is 12.3. The predicted octanol–water partition coefficient (Wildman–Crippen LogP) is 2.47. The second kappa shape index (κ2) is 5.85. The monoisotopic (exact) mass is 266 g/mol. The summed E-state index contributed by atoms with van der Waals surface area (Å²) in [5.41, 5.74) is 1.34. The topological polar surface area (TPSA) is 32.3 Å². The van der Waals surface area contributed by atoms with Gasteiger partial charge in [0, 0.05) is 16.3 Å². The van der Waals surface area contributed by atoms with Gasteiger partial charge < -0.3 is 10.2 Å². The van der Waals surface area contributed by atoms with Crippen LogP contribution in [-0.4, -0.2) is 29.9 Å². The first-order valence-electron chi connectivity index (χ1n) is 6.70. The van der Waals surface area contributed by atoms with E-state index in [9.17, 15) is 4.79 Å². The van der Waals surface area contributed by atoms with E-state index >= 15 is 0 Å². The van der Waals surface area contributed by atoms with Crippen LogP contribution in [0.15, 0.2) is 6.07 Å². The van der Waals surface area contributed by atoms with Crippen molar-refractivity contribution in [3.8, 4) is 0 Å². The molecule has 0 radical (unpaired) electrons. The van der Waals surface area contributed by atoms with E-state index in [1.54, 1.807) is 0 Å². The number of amides is 1. The first kappa shape index (κ1) is 13.6. The van der Waals surface area contributed by atoms with Crippen molar-refractivity contribution in [3.63, 3.8) is 0 Å². The zero-order valence-corrected chi connectivity index (χ0v) is 12.3. The smallest absolute Gasteiger partial charge is 0.240 e. The molecule has 1 fully saturated rings. The van der Waals surface area contributed by atoms with Crippen LogP contribution in [0, 0.1) is 13.8 Å². The molecule has 1 saturated heterocycles. The second-order valence-corrected chi connectivity index (χ2v) is 6.31. The number of hydrogen-bond acceptors (Lipinski definition) is 3. The molecule has 3 nitrogen and oxygen atoms in total. The number of aryl methyl sites for hydroxylation is 2. The maximum Gasteiger partial charge on any atom is 0.240 e. The van der Waals surface area contributed by atoms with Crippen LogP contribution in [0.25, 0.3) is 0 Å². The molecule has 1 atom stereocenters. The molecule has 1 aromatic rings. The Kier molecular flexibility index (Phi) is 4.40. The minimum absolute atomic E-state index is 0.0332. The van der Waals surface area contributed by atoms with Crippen molar-refractivity contribution in [1.82, 2.24) is 10.2 Å². The predicted molar refractivity (Wildman–Crippen MR) is 75.9 cm³/mol. The van der Waals surface area contributed by atoms with Crippen LogP contribution in [0.2, 0.25) is 0 Å². The summed E-state index contributed by atoms with van der Waals surface area (Å²) in [6.07, 6.45) is 2.08. The van der Waals surface area contributed by atoms with Crippen LogP contribution in [0.1, 0.15) is 35.1 Å². The minimum atomic E-state index is 0.0332. The molecule has 0 spiro atoms. The Hall–Kier alpha value is -0.870. The van der Waals surface area contributed by atoms with Crippen LogP contribution < -0.4 is 5.32 Å². The molecule has 1 N–H and O–H groups in total. The zero-order chi connectivity index (χ0) is 13.1. The van der Waals surface area contributed by atoms with E-state index in [2.05, 4.69) is 32.2 Å².